The van der Waals surface area contributed by atoms with Crippen molar-refractivity contribution in [2.75, 3.05) is 6.54 Å². The summed E-state index contributed by atoms with van der Waals surface area (Å²) in [6.07, 6.45) is 4.39. The number of H-pyrrole nitrogens is 1. The van der Waals surface area contributed by atoms with Crippen LogP contribution in [0, 0.1) is 0 Å². The predicted molar refractivity (Wildman–Crippen MR) is 69.0 cm³/mol. The Hall–Kier alpha value is -2.14. The van der Waals surface area contributed by atoms with Crippen molar-refractivity contribution in [3.8, 4) is 0 Å². The zero-order valence-corrected chi connectivity index (χ0v) is 10.0. The highest BCUT2D eigenvalue weighted by Crippen LogP contribution is 2.04. The van der Waals surface area contributed by atoms with Gasteiger partial charge in [0.2, 0.25) is 5.91 Å². The van der Waals surface area contributed by atoms with Crippen molar-refractivity contribution >= 4 is 5.91 Å². The highest BCUT2D eigenvalue weighted by atomic mass is 16.1. The predicted octanol–water partition coefficient (Wildman–Crippen LogP) is 0.841. The third-order valence-corrected chi connectivity index (χ3v) is 2.67. The highest BCUT2D eigenvalue weighted by Gasteiger charge is 2.01. The molecule has 2 aromatic rings. The van der Waals surface area contributed by atoms with Gasteiger partial charge in [-0.1, -0.05) is 12.1 Å². The maximum atomic E-state index is 11.0. The third-order valence-electron chi connectivity index (χ3n) is 2.67. The van der Waals surface area contributed by atoms with E-state index in [1.165, 1.54) is 0 Å². The molecule has 0 fully saturated rings. The minimum atomic E-state index is -0.394. The molecule has 1 amide bonds. The first-order valence-corrected chi connectivity index (χ1v) is 5.82. The number of nitrogens with zero attached hydrogens (tertiary/aromatic N) is 1. The number of primary amides is 1. The van der Waals surface area contributed by atoms with Gasteiger partial charge in [-0.15, -0.1) is 0 Å². The van der Waals surface area contributed by atoms with E-state index in [4.69, 9.17) is 5.73 Å². The minimum Gasteiger partial charge on any atom is -0.366 e. The van der Waals surface area contributed by atoms with Gasteiger partial charge in [-0.3, -0.25) is 4.79 Å². The molecule has 1 aromatic heterocycles. The number of carbonyl (C=O) groups is 1. The summed E-state index contributed by atoms with van der Waals surface area (Å²) in [4.78, 5) is 18.0. The Labute approximate surface area is 105 Å². The number of carbonyl (C=O) groups excluding carboxylic acids is 1. The van der Waals surface area contributed by atoms with E-state index < -0.39 is 5.91 Å². The van der Waals surface area contributed by atoms with E-state index >= 15 is 0 Å². The SMILES string of the molecule is NC(=O)c1cccc(CNCCc2cnc[nH]2)c1. The molecule has 0 aliphatic rings. The molecule has 0 radical (unpaired) electrons. The summed E-state index contributed by atoms with van der Waals surface area (Å²) >= 11 is 0. The average Bonchev–Trinajstić information content (AvgIpc) is 2.88. The lowest BCUT2D eigenvalue weighted by Crippen LogP contribution is -2.17. The first-order valence-electron chi connectivity index (χ1n) is 5.82. The van der Waals surface area contributed by atoms with Crippen LogP contribution < -0.4 is 11.1 Å². The Kier molecular flexibility index (Phi) is 4.09. The molecule has 0 unspecified atom stereocenters. The second kappa shape index (κ2) is 5.97. The van der Waals surface area contributed by atoms with E-state index in [0.717, 1.165) is 30.8 Å². The van der Waals surface area contributed by atoms with Crippen molar-refractivity contribution in [1.82, 2.24) is 15.3 Å². The van der Waals surface area contributed by atoms with Crippen LogP contribution in [0.25, 0.3) is 0 Å². The summed E-state index contributed by atoms with van der Waals surface area (Å²) in [5.41, 5.74) is 7.93. The lowest BCUT2D eigenvalue weighted by atomic mass is 10.1. The quantitative estimate of drug-likeness (QED) is 0.658. The Bertz CT molecular complexity index is 507. The van der Waals surface area contributed by atoms with Gasteiger partial charge in [0.15, 0.2) is 0 Å². The molecule has 0 aliphatic heterocycles. The van der Waals surface area contributed by atoms with Gasteiger partial charge >= 0.3 is 0 Å². The number of imidazole rings is 1. The van der Waals surface area contributed by atoms with E-state index in [2.05, 4.69) is 15.3 Å². The van der Waals surface area contributed by atoms with Crippen molar-refractivity contribution in [1.29, 1.82) is 0 Å². The fourth-order valence-corrected chi connectivity index (χ4v) is 1.71. The minimum absolute atomic E-state index is 0.394. The van der Waals surface area contributed by atoms with Crippen LogP contribution in [0.15, 0.2) is 36.8 Å². The zero-order valence-electron chi connectivity index (χ0n) is 10.0. The highest BCUT2D eigenvalue weighted by molar-refractivity contribution is 5.92. The summed E-state index contributed by atoms with van der Waals surface area (Å²) in [7, 11) is 0. The molecule has 0 spiro atoms. The maximum Gasteiger partial charge on any atom is 0.248 e. The van der Waals surface area contributed by atoms with Gasteiger partial charge in [0, 0.05) is 37.0 Å². The maximum absolute atomic E-state index is 11.0. The lowest BCUT2D eigenvalue weighted by molar-refractivity contribution is 0.1000. The largest absolute Gasteiger partial charge is 0.366 e. The van der Waals surface area contributed by atoms with Crippen LogP contribution in [0.3, 0.4) is 0 Å². The first-order chi connectivity index (χ1) is 8.75. The molecular weight excluding hydrogens is 228 g/mol. The normalized spacial score (nSPS) is 10.4. The Morgan fingerprint density at radius 1 is 1.44 bits per heavy atom. The van der Waals surface area contributed by atoms with Crippen LogP contribution in [0.5, 0.6) is 0 Å². The van der Waals surface area contributed by atoms with Crippen molar-refractivity contribution in [2.24, 2.45) is 5.73 Å². The molecule has 0 saturated heterocycles. The molecule has 94 valence electrons. The van der Waals surface area contributed by atoms with E-state index in [9.17, 15) is 4.79 Å². The number of hydrogen-bond donors (Lipinski definition) is 3. The van der Waals surface area contributed by atoms with Crippen LogP contribution in [-0.2, 0) is 13.0 Å². The van der Waals surface area contributed by atoms with Crippen molar-refractivity contribution in [2.45, 2.75) is 13.0 Å². The molecule has 4 N–H and O–H groups in total. The average molecular weight is 244 g/mol. The van der Waals surface area contributed by atoms with Crippen molar-refractivity contribution in [3.05, 3.63) is 53.6 Å². The molecule has 0 saturated carbocycles. The van der Waals surface area contributed by atoms with Crippen LogP contribution in [-0.4, -0.2) is 22.4 Å². The standard InChI is InChI=1S/C13H16N4O/c14-13(18)11-3-1-2-10(6-11)7-15-5-4-12-8-16-9-17-12/h1-3,6,8-9,15H,4-5,7H2,(H2,14,18)(H,16,17). The fourth-order valence-electron chi connectivity index (χ4n) is 1.71. The van der Waals surface area contributed by atoms with Crippen LogP contribution in [0.2, 0.25) is 0 Å². The molecule has 0 bridgehead atoms. The number of aromatic amines is 1. The molecule has 0 aliphatic carbocycles. The molecule has 0 atom stereocenters. The van der Waals surface area contributed by atoms with Gasteiger partial charge in [0.05, 0.1) is 6.33 Å². The van der Waals surface area contributed by atoms with Gasteiger partial charge in [0.1, 0.15) is 0 Å². The number of nitrogens with one attached hydrogen (secondary N) is 2. The van der Waals surface area contributed by atoms with Gasteiger partial charge < -0.3 is 16.0 Å². The molecule has 5 heteroatoms. The van der Waals surface area contributed by atoms with Crippen molar-refractivity contribution in [3.63, 3.8) is 0 Å². The second-order valence-electron chi connectivity index (χ2n) is 4.07. The van der Waals surface area contributed by atoms with E-state index in [1.807, 2.05) is 24.4 Å². The number of amides is 1. The zero-order chi connectivity index (χ0) is 12.8. The summed E-state index contributed by atoms with van der Waals surface area (Å²) in [6, 6.07) is 7.34. The Balaban J connectivity index is 1.79. The fraction of sp³-hybridized carbons (Fsp3) is 0.231. The van der Waals surface area contributed by atoms with Crippen LogP contribution >= 0.6 is 0 Å². The Morgan fingerprint density at radius 3 is 3.06 bits per heavy atom. The van der Waals surface area contributed by atoms with E-state index in [-0.39, 0.29) is 0 Å². The van der Waals surface area contributed by atoms with E-state index in [0.29, 0.717) is 5.56 Å². The Morgan fingerprint density at radius 2 is 2.33 bits per heavy atom. The first kappa shape index (κ1) is 12.3. The molecule has 5 nitrogen and oxygen atoms in total. The second-order valence-corrected chi connectivity index (χ2v) is 4.07. The van der Waals surface area contributed by atoms with Crippen LogP contribution in [0.1, 0.15) is 21.6 Å². The summed E-state index contributed by atoms with van der Waals surface area (Å²) in [5.74, 6) is -0.394. The summed E-state index contributed by atoms with van der Waals surface area (Å²) in [6.45, 7) is 1.57. The smallest absolute Gasteiger partial charge is 0.248 e. The van der Waals surface area contributed by atoms with Crippen LogP contribution in [0.4, 0.5) is 0 Å². The molecule has 18 heavy (non-hydrogen) atoms. The van der Waals surface area contributed by atoms with Gasteiger partial charge in [0.25, 0.3) is 0 Å². The molecule has 1 heterocycles. The summed E-state index contributed by atoms with van der Waals surface area (Å²) < 4.78 is 0. The molecular formula is C13H16N4O. The van der Waals surface area contributed by atoms with Crippen molar-refractivity contribution < 1.29 is 4.79 Å². The lowest BCUT2D eigenvalue weighted by Gasteiger charge is -2.05. The van der Waals surface area contributed by atoms with E-state index in [1.54, 1.807) is 12.4 Å². The third kappa shape index (κ3) is 3.43. The topological polar surface area (TPSA) is 83.8 Å². The number of hydrogen-bond acceptors (Lipinski definition) is 3. The number of benzene rings is 1. The van der Waals surface area contributed by atoms with Gasteiger partial charge in [-0.2, -0.15) is 0 Å². The monoisotopic (exact) mass is 244 g/mol. The molecule has 2 rings (SSSR count). The number of aromatic nitrogens is 2. The summed E-state index contributed by atoms with van der Waals surface area (Å²) in [5, 5.41) is 3.31. The van der Waals surface area contributed by atoms with Gasteiger partial charge in [-0.25, -0.2) is 4.98 Å². The number of nitrogens with two attached hydrogens (primary N) is 1. The van der Waals surface area contributed by atoms with Gasteiger partial charge in [-0.05, 0) is 17.7 Å². The number of rotatable bonds is 6. The molecule has 1 aromatic carbocycles.